The fourth-order valence-corrected chi connectivity index (χ4v) is 7.30. The highest BCUT2D eigenvalue weighted by Crippen LogP contribution is 2.29. The number of aliphatic carboxylic acids is 4. The van der Waals surface area contributed by atoms with E-state index in [9.17, 15) is 53.6 Å². The van der Waals surface area contributed by atoms with Gasteiger partial charge in [0.2, 0.25) is 11.8 Å². The Balaban J connectivity index is 0.000000290. The maximum atomic E-state index is 13.2. The molecule has 20 heteroatoms. The summed E-state index contributed by atoms with van der Waals surface area (Å²) >= 11 is 5.69. The van der Waals surface area contributed by atoms with Crippen LogP contribution in [0.2, 0.25) is 0 Å². The second-order valence-electron chi connectivity index (χ2n) is 12.9. The number of benzene rings is 2. The van der Waals surface area contributed by atoms with E-state index >= 15 is 0 Å². The molecule has 4 unspecified atom stereocenters. The Bertz CT molecular complexity index is 1850. The molecule has 0 aliphatic carbocycles. The first-order valence-corrected chi connectivity index (χ1v) is 18.9. The monoisotopic (exact) mass is 854 g/mol. The molecule has 292 valence electrons. The van der Waals surface area contributed by atoms with Crippen molar-refractivity contribution in [3.63, 3.8) is 0 Å². The number of carbonyl (C=O) groups excluding carboxylic acids is 2. The first-order valence-electron chi connectivity index (χ1n) is 16.5. The van der Waals surface area contributed by atoms with Gasteiger partial charge in [0.25, 0.3) is 0 Å². The summed E-state index contributed by atoms with van der Waals surface area (Å²) in [5.41, 5.74) is 1.22. The van der Waals surface area contributed by atoms with Crippen molar-refractivity contribution >= 4 is 105 Å². The van der Waals surface area contributed by atoms with Gasteiger partial charge in [0.1, 0.15) is 30.0 Å². The molecule has 2 amide bonds. The number of thiazole rings is 2. The van der Waals surface area contributed by atoms with E-state index in [-0.39, 0.29) is 29.8 Å². The van der Waals surface area contributed by atoms with Crippen molar-refractivity contribution in [2.75, 3.05) is 10.6 Å². The van der Waals surface area contributed by atoms with Crippen molar-refractivity contribution in [1.29, 1.82) is 0 Å². The van der Waals surface area contributed by atoms with Crippen LogP contribution in [-0.4, -0.2) is 90.3 Å². The summed E-state index contributed by atoms with van der Waals surface area (Å²) in [7, 11) is 0. The number of nitrogens with zero attached hydrogens (tertiary/aromatic N) is 2. The lowest BCUT2D eigenvalue weighted by molar-refractivity contribution is -0.145. The number of carbonyl (C=O) groups is 6. The summed E-state index contributed by atoms with van der Waals surface area (Å²) in [6.07, 6.45) is -0.393. The lowest BCUT2D eigenvalue weighted by atomic mass is 10.0. The number of carboxylic acids is 4. The van der Waals surface area contributed by atoms with E-state index in [4.69, 9.17) is 0 Å². The predicted octanol–water partition coefficient (Wildman–Crippen LogP) is 5.24. The van der Waals surface area contributed by atoms with Gasteiger partial charge in [-0.15, -0.1) is 0 Å². The summed E-state index contributed by atoms with van der Waals surface area (Å²) in [6.45, 7) is 7.31. The van der Waals surface area contributed by atoms with Crippen molar-refractivity contribution < 1.29 is 53.6 Å². The molecule has 4 aromatic rings. The van der Waals surface area contributed by atoms with Crippen LogP contribution < -0.4 is 21.3 Å². The number of hydrogen-bond acceptors (Lipinski definition) is 12. The van der Waals surface area contributed by atoms with Crippen molar-refractivity contribution in [3.05, 3.63) is 46.7 Å². The molecule has 0 spiro atoms. The number of nitrogens with one attached hydrogen (secondary N) is 4. The third-order valence-electron chi connectivity index (χ3n) is 7.38. The van der Waals surface area contributed by atoms with Gasteiger partial charge in [0, 0.05) is 4.47 Å². The van der Waals surface area contributed by atoms with Gasteiger partial charge in [0.15, 0.2) is 10.3 Å². The van der Waals surface area contributed by atoms with Crippen LogP contribution >= 0.6 is 38.6 Å². The molecule has 0 fully saturated rings. The number of amides is 2. The van der Waals surface area contributed by atoms with Crippen molar-refractivity contribution in [3.8, 4) is 0 Å². The van der Waals surface area contributed by atoms with E-state index in [2.05, 4.69) is 47.2 Å². The molecule has 2 aromatic heterocycles. The molecule has 2 heterocycles. The molecule has 0 aliphatic heterocycles. The second-order valence-corrected chi connectivity index (χ2v) is 15.9. The summed E-state index contributed by atoms with van der Waals surface area (Å²) < 4.78 is 15.5. The van der Waals surface area contributed by atoms with Crippen LogP contribution in [0.4, 0.5) is 14.7 Å². The predicted molar refractivity (Wildman–Crippen MR) is 204 cm³/mol. The van der Waals surface area contributed by atoms with Gasteiger partial charge in [-0.05, 0) is 61.1 Å². The van der Waals surface area contributed by atoms with Crippen molar-refractivity contribution in [2.45, 2.75) is 77.5 Å². The number of rotatable bonds is 18. The summed E-state index contributed by atoms with van der Waals surface area (Å²) in [6, 6.07) is 4.71. The third kappa shape index (κ3) is 14.0. The Morgan fingerprint density at radius 3 is 1.43 bits per heavy atom. The zero-order chi connectivity index (χ0) is 40.3. The molecule has 8 N–H and O–H groups in total. The number of carboxylic acid groups (broad SMARTS) is 4. The van der Waals surface area contributed by atoms with Gasteiger partial charge in [-0.3, -0.25) is 39.4 Å². The molecular weight excluding hydrogens is 815 g/mol. The smallest absolute Gasteiger partial charge is 0.321 e. The third-order valence-corrected chi connectivity index (χ3v) is 9.74. The van der Waals surface area contributed by atoms with Crippen LogP contribution in [0.5, 0.6) is 0 Å². The van der Waals surface area contributed by atoms with Gasteiger partial charge >= 0.3 is 23.9 Å². The molecule has 0 radical (unpaired) electrons. The average molecular weight is 856 g/mol. The van der Waals surface area contributed by atoms with Crippen LogP contribution in [-0.2, 0) is 28.8 Å². The Hall–Kier alpha value is -4.63. The highest BCUT2D eigenvalue weighted by atomic mass is 79.9. The van der Waals surface area contributed by atoms with Gasteiger partial charge in [-0.1, -0.05) is 66.3 Å². The number of fused-ring (bicyclic) bond motifs is 2. The van der Waals surface area contributed by atoms with Gasteiger partial charge in [-0.25, -0.2) is 14.4 Å². The van der Waals surface area contributed by atoms with Crippen LogP contribution in [0.25, 0.3) is 20.4 Å². The Morgan fingerprint density at radius 2 is 1.04 bits per heavy atom. The Labute approximate surface area is 324 Å². The maximum Gasteiger partial charge on any atom is 0.321 e. The largest absolute Gasteiger partial charge is 0.480 e. The molecule has 0 aliphatic rings. The van der Waals surface area contributed by atoms with Crippen LogP contribution in [0.3, 0.4) is 0 Å². The van der Waals surface area contributed by atoms with E-state index < -0.39 is 78.5 Å². The van der Waals surface area contributed by atoms with Crippen LogP contribution in [0.15, 0.2) is 40.9 Å². The van der Waals surface area contributed by atoms with E-state index in [1.54, 1.807) is 6.07 Å². The molecule has 0 saturated heterocycles. The summed E-state index contributed by atoms with van der Waals surface area (Å²) in [5, 5.41) is 47.8. The Morgan fingerprint density at radius 1 is 0.648 bits per heavy atom. The summed E-state index contributed by atoms with van der Waals surface area (Å²) in [4.78, 5) is 78.3. The minimum atomic E-state index is -1.36. The number of halogens is 2. The SMILES string of the molecule is CC(C)CC(NC(CC(=O)Nc1nc2ccc(Br)cc2s1)C(=O)O)C(=O)O.CC(C)CC(NC(CC(=O)Nc1nc2ccc(F)cc2s1)C(=O)O)C(=O)O. The topological polar surface area (TPSA) is 257 Å². The van der Waals surface area contributed by atoms with Gasteiger partial charge in [0.05, 0.1) is 33.3 Å². The van der Waals surface area contributed by atoms with E-state index in [1.807, 2.05) is 39.8 Å². The van der Waals surface area contributed by atoms with E-state index in [1.165, 1.54) is 29.5 Å². The standard InChI is InChI=1S/C17H20BrN3O5S.C17H20FN3O5S/c2*1-8(2)5-11(15(23)24)19-12(16(25)26)7-14(22)21-17-20-10-4-3-9(18)6-13(10)27-17/h2*3-4,6,8,11-12,19H,5,7H2,1-2H3,(H,23,24)(H,25,26)(H,20,21,22). The number of hydrogen-bond donors (Lipinski definition) is 8. The highest BCUT2D eigenvalue weighted by molar-refractivity contribution is 9.10. The quantitative estimate of drug-likeness (QED) is 0.0638. The van der Waals surface area contributed by atoms with Crippen molar-refractivity contribution in [1.82, 2.24) is 20.6 Å². The zero-order valence-corrected chi connectivity index (χ0v) is 32.7. The molecule has 0 saturated carbocycles. The first-order chi connectivity index (χ1) is 25.3. The molecule has 16 nitrogen and oxygen atoms in total. The van der Waals surface area contributed by atoms with Crippen molar-refractivity contribution in [2.24, 2.45) is 11.8 Å². The fraction of sp³-hybridized carbons (Fsp3) is 0.412. The lowest BCUT2D eigenvalue weighted by Gasteiger charge is -2.21. The minimum absolute atomic E-state index is 0.0324. The minimum Gasteiger partial charge on any atom is -0.480 e. The normalized spacial score (nSPS) is 13.5. The average Bonchev–Trinajstić information content (AvgIpc) is 3.64. The Kier molecular flexibility index (Phi) is 16.3. The molecule has 4 atom stereocenters. The lowest BCUT2D eigenvalue weighted by Crippen LogP contribution is -2.49. The van der Waals surface area contributed by atoms with Crippen LogP contribution in [0, 0.1) is 17.7 Å². The summed E-state index contributed by atoms with van der Waals surface area (Å²) in [5.74, 6) is -6.46. The van der Waals surface area contributed by atoms with Crippen LogP contribution in [0.1, 0.15) is 53.4 Å². The highest BCUT2D eigenvalue weighted by Gasteiger charge is 2.30. The van der Waals surface area contributed by atoms with E-state index in [0.29, 0.717) is 20.9 Å². The molecule has 4 rings (SSSR count). The molecule has 54 heavy (non-hydrogen) atoms. The van der Waals surface area contributed by atoms with E-state index in [0.717, 1.165) is 20.5 Å². The maximum absolute atomic E-state index is 13.2. The molecular formula is C34H40BrFN6O10S2. The second kappa shape index (κ2) is 20.2. The van der Waals surface area contributed by atoms with Gasteiger partial charge in [-0.2, -0.15) is 0 Å². The zero-order valence-electron chi connectivity index (χ0n) is 29.5. The molecule has 2 aromatic carbocycles. The fourth-order valence-electron chi connectivity index (χ4n) is 4.96. The number of anilines is 2. The van der Waals surface area contributed by atoms with Gasteiger partial charge < -0.3 is 31.1 Å². The first kappa shape index (κ1) is 43.8. The number of aromatic nitrogens is 2. The molecule has 0 bridgehead atoms.